The van der Waals surface area contributed by atoms with Gasteiger partial charge in [0.05, 0.1) is 13.0 Å². The van der Waals surface area contributed by atoms with Gasteiger partial charge < -0.3 is 15.0 Å². The molecular formula is C30H38N6O3. The molecular weight excluding hydrogens is 492 g/mol. The number of piperazine rings is 1. The summed E-state index contributed by atoms with van der Waals surface area (Å²) in [4.78, 5) is 38.0. The lowest BCUT2D eigenvalue weighted by molar-refractivity contribution is -0.130. The summed E-state index contributed by atoms with van der Waals surface area (Å²) in [6.07, 6.45) is 4.36. The molecule has 0 aliphatic carbocycles. The van der Waals surface area contributed by atoms with Crippen LogP contribution in [0.1, 0.15) is 66.3 Å². The van der Waals surface area contributed by atoms with E-state index in [-0.39, 0.29) is 34.5 Å². The summed E-state index contributed by atoms with van der Waals surface area (Å²) in [5.41, 5.74) is 0.588. The molecule has 4 heterocycles. The van der Waals surface area contributed by atoms with Crippen LogP contribution in [0.2, 0.25) is 0 Å². The third kappa shape index (κ3) is 5.33. The van der Waals surface area contributed by atoms with E-state index in [9.17, 15) is 9.59 Å². The Balaban J connectivity index is 1.42. The molecule has 0 bridgehead atoms. The number of carbonyl (C=O) groups excluding carboxylic acids is 1. The van der Waals surface area contributed by atoms with Gasteiger partial charge in [0.1, 0.15) is 5.65 Å². The summed E-state index contributed by atoms with van der Waals surface area (Å²) in [6, 6.07) is 6.98. The molecule has 1 atom stereocenters. The fraction of sp³-hybridized carbons (Fsp3) is 0.467. The molecule has 1 aromatic carbocycles. The molecule has 0 saturated carbocycles. The molecule has 9 heteroatoms. The number of anilines is 1. The Morgan fingerprint density at radius 2 is 1.87 bits per heavy atom. The maximum atomic E-state index is 12.9. The molecule has 0 radical (unpaired) electrons. The minimum absolute atomic E-state index is 0.0368. The van der Waals surface area contributed by atoms with Gasteiger partial charge in [0, 0.05) is 71.3 Å². The minimum atomic E-state index is -3.37. The van der Waals surface area contributed by atoms with Gasteiger partial charge in [0.25, 0.3) is 5.56 Å². The number of nitrogens with zero attached hydrogens (tertiary/aromatic N) is 5. The fourth-order valence-corrected chi connectivity index (χ4v) is 5.64. The van der Waals surface area contributed by atoms with Gasteiger partial charge in [-0.05, 0) is 56.7 Å². The molecule has 1 N–H and O–H groups in total. The van der Waals surface area contributed by atoms with E-state index in [1.165, 1.54) is 18.3 Å². The Hall–Kier alpha value is -3.56. The lowest BCUT2D eigenvalue weighted by Crippen LogP contribution is -2.58. The Morgan fingerprint density at radius 3 is 2.54 bits per heavy atom. The van der Waals surface area contributed by atoms with E-state index in [0.29, 0.717) is 30.9 Å². The first-order valence-electron chi connectivity index (χ1n) is 16.6. The Morgan fingerprint density at radius 1 is 1.15 bits per heavy atom. The van der Waals surface area contributed by atoms with E-state index < -0.39 is 25.3 Å². The van der Waals surface area contributed by atoms with Crippen molar-refractivity contribution in [3.63, 3.8) is 0 Å². The van der Waals surface area contributed by atoms with Gasteiger partial charge in [-0.1, -0.05) is 30.8 Å². The molecule has 3 aromatic rings. The molecule has 5 rings (SSSR count). The molecule has 2 fully saturated rings. The van der Waals surface area contributed by atoms with Gasteiger partial charge in [-0.3, -0.25) is 19.1 Å². The second-order valence-corrected chi connectivity index (χ2v) is 9.98. The Kier molecular flexibility index (Phi) is 5.64. The molecule has 0 spiro atoms. The molecule has 2 aromatic heterocycles. The zero-order valence-corrected chi connectivity index (χ0v) is 22.0. The van der Waals surface area contributed by atoms with Gasteiger partial charge in [0.15, 0.2) is 0 Å². The predicted octanol–water partition coefficient (Wildman–Crippen LogP) is 3.88. The Labute approximate surface area is 239 Å². The normalized spacial score (nSPS) is 22.3. The number of nitrogens with one attached hydrogen (secondary N) is 1. The third-order valence-electron chi connectivity index (χ3n) is 7.84. The standard InChI is InChI=1S/C30H38N6O3/c1-5-26(37)34-14-16-35(17-15-34)30(12-18-39-19-13-30)25-9-6-23(7-10-25)22(4)32-29-31-20-24-8-11-27(38)36(21(2)3)28(24)33-29/h5-11,20-22H,1,12-19H2,2-4H3,(H,31,32,33)/t22-/m0/s1/i2D3,3D3,21D. The SMILES string of the molecule is [2H]C([2H])([2H])C([2H])(n1c(=O)ccc2cnc(N[C@@H](C)c3ccc(C4(N5CCN(C(=O)C=C)CC5)CCOCC4)cc3)nc21)C([2H])([2H])[2H]. The summed E-state index contributed by atoms with van der Waals surface area (Å²) in [6.45, 7) is 2.77. The van der Waals surface area contributed by atoms with Crippen LogP contribution in [0, 0.1) is 0 Å². The number of benzene rings is 1. The number of carbonyl (C=O) groups is 1. The summed E-state index contributed by atoms with van der Waals surface area (Å²) in [5.74, 6) is -0.0199. The molecule has 2 aliphatic rings. The van der Waals surface area contributed by atoms with E-state index in [2.05, 4.69) is 38.9 Å². The molecule has 206 valence electrons. The number of ether oxygens (including phenoxy) is 1. The van der Waals surface area contributed by atoms with E-state index in [0.717, 1.165) is 43.1 Å². The zero-order chi connectivity index (χ0) is 33.5. The van der Waals surface area contributed by atoms with Crippen LogP contribution in [-0.2, 0) is 15.1 Å². The van der Waals surface area contributed by atoms with Crippen molar-refractivity contribution >= 4 is 22.9 Å². The number of hydrogen-bond acceptors (Lipinski definition) is 7. The number of hydrogen-bond donors (Lipinski definition) is 1. The van der Waals surface area contributed by atoms with Crippen molar-refractivity contribution in [2.45, 2.75) is 51.1 Å². The van der Waals surface area contributed by atoms with Crippen LogP contribution in [0.3, 0.4) is 0 Å². The highest BCUT2D eigenvalue weighted by Crippen LogP contribution is 2.39. The largest absolute Gasteiger partial charge is 0.381 e. The first-order valence-corrected chi connectivity index (χ1v) is 13.1. The van der Waals surface area contributed by atoms with Crippen molar-refractivity contribution in [1.82, 2.24) is 24.3 Å². The van der Waals surface area contributed by atoms with Crippen LogP contribution in [0.15, 0.2) is 60.0 Å². The lowest BCUT2D eigenvalue weighted by atomic mass is 9.80. The van der Waals surface area contributed by atoms with E-state index >= 15 is 0 Å². The summed E-state index contributed by atoms with van der Waals surface area (Å²) in [5, 5.41) is 3.37. The maximum absolute atomic E-state index is 12.9. The average Bonchev–Trinajstić information content (AvgIpc) is 3.03. The van der Waals surface area contributed by atoms with Crippen molar-refractivity contribution in [3.8, 4) is 0 Å². The van der Waals surface area contributed by atoms with Gasteiger partial charge in [-0.2, -0.15) is 4.98 Å². The van der Waals surface area contributed by atoms with Crippen molar-refractivity contribution in [2.24, 2.45) is 0 Å². The average molecular weight is 538 g/mol. The highest BCUT2D eigenvalue weighted by molar-refractivity contribution is 5.87. The number of aromatic nitrogens is 3. The van der Waals surface area contributed by atoms with Gasteiger partial charge in [-0.15, -0.1) is 0 Å². The summed E-state index contributed by atoms with van der Waals surface area (Å²) < 4.78 is 62.0. The quantitative estimate of drug-likeness (QED) is 0.457. The lowest BCUT2D eigenvalue weighted by Gasteiger charge is -2.50. The van der Waals surface area contributed by atoms with Crippen LogP contribution in [0.5, 0.6) is 0 Å². The third-order valence-corrected chi connectivity index (χ3v) is 7.84. The first-order chi connectivity index (χ1) is 21.6. The molecule has 2 aliphatic heterocycles. The first kappa shape index (κ1) is 19.5. The zero-order valence-electron chi connectivity index (χ0n) is 29.0. The molecule has 39 heavy (non-hydrogen) atoms. The number of amides is 1. The van der Waals surface area contributed by atoms with Gasteiger partial charge in [0.2, 0.25) is 11.9 Å². The molecule has 1 amide bonds. The second-order valence-electron chi connectivity index (χ2n) is 9.98. The van der Waals surface area contributed by atoms with E-state index in [4.69, 9.17) is 14.3 Å². The van der Waals surface area contributed by atoms with E-state index in [1.54, 1.807) is 0 Å². The smallest absolute Gasteiger partial charge is 0.252 e. The monoisotopic (exact) mass is 537 g/mol. The number of pyridine rings is 1. The van der Waals surface area contributed by atoms with Crippen molar-refractivity contribution < 1.29 is 19.1 Å². The Bertz CT molecular complexity index is 1630. The van der Waals surface area contributed by atoms with Crippen molar-refractivity contribution in [1.29, 1.82) is 0 Å². The van der Waals surface area contributed by atoms with Crippen molar-refractivity contribution in [3.05, 3.63) is 76.7 Å². The minimum Gasteiger partial charge on any atom is -0.381 e. The summed E-state index contributed by atoms with van der Waals surface area (Å²) >= 11 is 0. The van der Waals surface area contributed by atoms with Gasteiger partial charge >= 0.3 is 0 Å². The topological polar surface area (TPSA) is 92.6 Å². The van der Waals surface area contributed by atoms with Crippen LogP contribution < -0.4 is 10.9 Å². The molecule has 9 nitrogen and oxygen atoms in total. The predicted molar refractivity (Wildman–Crippen MR) is 153 cm³/mol. The molecule has 0 unspecified atom stereocenters. The second kappa shape index (κ2) is 11.3. The fourth-order valence-electron chi connectivity index (χ4n) is 5.64. The van der Waals surface area contributed by atoms with Crippen molar-refractivity contribution in [2.75, 3.05) is 44.7 Å². The number of fused-ring (bicyclic) bond motifs is 1. The van der Waals surface area contributed by atoms with Crippen LogP contribution in [-0.4, -0.2) is 69.6 Å². The molecule has 2 saturated heterocycles. The summed E-state index contributed by atoms with van der Waals surface area (Å²) in [7, 11) is 0. The van der Waals surface area contributed by atoms with Crippen LogP contribution in [0.4, 0.5) is 5.95 Å². The highest BCUT2D eigenvalue weighted by Gasteiger charge is 2.41. The van der Waals surface area contributed by atoms with Crippen LogP contribution >= 0.6 is 0 Å². The van der Waals surface area contributed by atoms with E-state index in [1.807, 2.05) is 24.0 Å². The number of rotatable bonds is 7. The highest BCUT2D eigenvalue weighted by atomic mass is 16.5. The van der Waals surface area contributed by atoms with Gasteiger partial charge in [-0.25, -0.2) is 4.98 Å². The van der Waals surface area contributed by atoms with Crippen LogP contribution in [0.25, 0.3) is 11.0 Å². The maximum Gasteiger partial charge on any atom is 0.252 e.